The molecule has 0 unspecified atom stereocenters. The van der Waals surface area contributed by atoms with Gasteiger partial charge >= 0.3 is 5.76 Å². The van der Waals surface area contributed by atoms with Crippen molar-refractivity contribution in [2.24, 2.45) is 0 Å². The van der Waals surface area contributed by atoms with E-state index in [2.05, 4.69) is 20.8 Å². The zero-order valence-corrected chi connectivity index (χ0v) is 18.2. The van der Waals surface area contributed by atoms with E-state index in [1.165, 1.54) is 12.1 Å². The van der Waals surface area contributed by atoms with E-state index >= 15 is 0 Å². The smallest absolute Gasteiger partial charge is 0.337 e. The van der Waals surface area contributed by atoms with E-state index in [1.54, 1.807) is 4.68 Å². The third-order valence-electron chi connectivity index (χ3n) is 5.18. The van der Waals surface area contributed by atoms with Gasteiger partial charge in [0.05, 0.1) is 17.1 Å². The van der Waals surface area contributed by atoms with Gasteiger partial charge in [-0.2, -0.15) is 13.5 Å². The lowest BCUT2D eigenvalue weighted by Crippen LogP contribution is -2.49. The first kappa shape index (κ1) is 22.7. The van der Waals surface area contributed by atoms with E-state index in [-0.39, 0.29) is 12.5 Å². The highest BCUT2D eigenvalue weighted by molar-refractivity contribution is 7.91. The van der Waals surface area contributed by atoms with E-state index in [4.69, 9.17) is 0 Å². The van der Waals surface area contributed by atoms with Crippen molar-refractivity contribution in [2.45, 2.75) is 10.7 Å². The summed E-state index contributed by atoms with van der Waals surface area (Å²) in [6.45, 7) is 2.61. The molecule has 3 aromatic rings. The summed E-state index contributed by atoms with van der Waals surface area (Å²) in [5, 5.41) is 14.6. The molecule has 2 aromatic carbocycles. The van der Waals surface area contributed by atoms with Crippen LogP contribution >= 0.6 is 0 Å². The molecule has 0 spiro atoms. The number of sulfone groups is 1. The normalized spacial score (nSPS) is 15.1. The maximum Gasteiger partial charge on any atom is 0.341 e. The molecule has 0 radical (unpaired) electrons. The number of rotatable bonds is 7. The van der Waals surface area contributed by atoms with Gasteiger partial charge in [0.25, 0.3) is 0 Å². The van der Waals surface area contributed by atoms with Crippen molar-refractivity contribution in [3.05, 3.63) is 54.6 Å². The zero-order chi connectivity index (χ0) is 23.4. The number of para-hydroxylation sites is 1. The maximum atomic E-state index is 12.6. The predicted molar refractivity (Wildman–Crippen MR) is 116 cm³/mol. The zero-order valence-electron chi connectivity index (χ0n) is 17.4. The van der Waals surface area contributed by atoms with Gasteiger partial charge in [0, 0.05) is 31.9 Å². The molecule has 174 valence electrons. The molecule has 1 aromatic heterocycles. The van der Waals surface area contributed by atoms with Crippen molar-refractivity contribution in [1.29, 1.82) is 0 Å². The number of amides is 1. The number of carbonyl (C=O) groups is 1. The number of alkyl halides is 2. The van der Waals surface area contributed by atoms with Crippen molar-refractivity contribution in [3.8, 4) is 5.69 Å². The molecule has 1 saturated heterocycles. The fraction of sp³-hybridized carbons (Fsp3) is 0.300. The molecule has 0 aliphatic carbocycles. The standard InChI is InChI=1S/C20H21F2N7O3S/c21-19(22)33(31,32)17-8-6-15(7-9-17)23-18(30)14-27-10-12-28(13-11-27)20-24-25-26-29(20)16-4-2-1-3-5-16/h1-9,19H,10-14H2,(H,23,30). The van der Waals surface area contributed by atoms with E-state index in [9.17, 15) is 22.0 Å². The Bertz CT molecular complexity index is 1200. The average molecular weight is 477 g/mol. The Morgan fingerprint density at radius 3 is 2.30 bits per heavy atom. The van der Waals surface area contributed by atoms with Crippen LogP contribution in [0, 0.1) is 0 Å². The second-order valence-electron chi connectivity index (χ2n) is 7.37. The minimum Gasteiger partial charge on any atom is -0.337 e. The molecular formula is C20H21F2N7O3S. The molecular weight excluding hydrogens is 456 g/mol. The Labute approximate surface area is 188 Å². The third-order valence-corrected chi connectivity index (χ3v) is 6.58. The quantitative estimate of drug-likeness (QED) is 0.544. The summed E-state index contributed by atoms with van der Waals surface area (Å²) in [6.07, 6.45) is 0. The number of piperazine rings is 1. The fourth-order valence-electron chi connectivity index (χ4n) is 3.46. The molecule has 13 heteroatoms. The highest BCUT2D eigenvalue weighted by atomic mass is 32.2. The summed E-state index contributed by atoms with van der Waals surface area (Å²) in [4.78, 5) is 15.9. The molecule has 1 aliphatic rings. The second kappa shape index (κ2) is 9.58. The predicted octanol–water partition coefficient (Wildman–Crippen LogP) is 1.42. The number of hydrogen-bond acceptors (Lipinski definition) is 8. The fourth-order valence-corrected chi connectivity index (χ4v) is 4.18. The SMILES string of the molecule is O=C(CN1CCN(c2nnnn2-c2ccccc2)CC1)Nc1ccc(S(=O)(=O)C(F)F)cc1. The van der Waals surface area contributed by atoms with Crippen LogP contribution < -0.4 is 10.2 Å². The highest BCUT2D eigenvalue weighted by Gasteiger charge is 2.26. The van der Waals surface area contributed by atoms with Crippen LogP contribution in [0.15, 0.2) is 59.5 Å². The molecule has 0 atom stereocenters. The van der Waals surface area contributed by atoms with Crippen LogP contribution in [0.4, 0.5) is 20.4 Å². The van der Waals surface area contributed by atoms with Gasteiger partial charge < -0.3 is 10.2 Å². The molecule has 1 aliphatic heterocycles. The molecule has 1 N–H and O–H groups in total. The number of tetrazole rings is 1. The van der Waals surface area contributed by atoms with Crippen LogP contribution in [0.2, 0.25) is 0 Å². The molecule has 4 rings (SSSR count). The summed E-state index contributed by atoms with van der Waals surface area (Å²) in [6, 6.07) is 14.2. The number of hydrogen-bond donors (Lipinski definition) is 1. The molecule has 1 amide bonds. The van der Waals surface area contributed by atoms with Crippen LogP contribution in [0.25, 0.3) is 5.69 Å². The van der Waals surface area contributed by atoms with Gasteiger partial charge in [-0.1, -0.05) is 23.3 Å². The van der Waals surface area contributed by atoms with Crippen molar-refractivity contribution < 1.29 is 22.0 Å². The van der Waals surface area contributed by atoms with E-state index < -0.39 is 20.5 Å². The van der Waals surface area contributed by atoms with Crippen molar-refractivity contribution in [2.75, 3.05) is 42.9 Å². The number of carbonyl (C=O) groups excluding carboxylic acids is 1. The first-order valence-electron chi connectivity index (χ1n) is 10.1. The van der Waals surface area contributed by atoms with Crippen LogP contribution in [0.3, 0.4) is 0 Å². The second-order valence-corrected chi connectivity index (χ2v) is 9.29. The van der Waals surface area contributed by atoms with Gasteiger partial charge in [-0.25, -0.2) is 8.42 Å². The largest absolute Gasteiger partial charge is 0.341 e. The Kier molecular flexibility index (Phi) is 6.60. The van der Waals surface area contributed by atoms with Gasteiger partial charge in [0.1, 0.15) is 0 Å². The minimum absolute atomic E-state index is 0.133. The van der Waals surface area contributed by atoms with Crippen LogP contribution in [0.1, 0.15) is 0 Å². The van der Waals surface area contributed by atoms with Gasteiger partial charge in [0.15, 0.2) is 0 Å². The average Bonchev–Trinajstić information content (AvgIpc) is 3.30. The first-order chi connectivity index (χ1) is 15.8. The minimum atomic E-state index is -4.66. The number of aromatic nitrogens is 4. The van der Waals surface area contributed by atoms with Gasteiger partial charge in [-0.15, -0.1) is 0 Å². The number of anilines is 2. The lowest BCUT2D eigenvalue weighted by molar-refractivity contribution is -0.117. The lowest BCUT2D eigenvalue weighted by Gasteiger charge is -2.34. The number of nitrogens with one attached hydrogen (secondary N) is 1. The monoisotopic (exact) mass is 477 g/mol. The highest BCUT2D eigenvalue weighted by Crippen LogP contribution is 2.20. The van der Waals surface area contributed by atoms with Crippen molar-refractivity contribution in [3.63, 3.8) is 0 Å². The summed E-state index contributed by atoms with van der Waals surface area (Å²) >= 11 is 0. The maximum absolute atomic E-state index is 12.6. The molecule has 0 saturated carbocycles. The van der Waals surface area contributed by atoms with Gasteiger partial charge in [-0.3, -0.25) is 9.69 Å². The van der Waals surface area contributed by atoms with E-state index in [1.807, 2.05) is 40.1 Å². The van der Waals surface area contributed by atoms with E-state index in [0.717, 1.165) is 17.8 Å². The molecule has 2 heterocycles. The summed E-state index contributed by atoms with van der Waals surface area (Å²) in [5.41, 5.74) is 1.18. The van der Waals surface area contributed by atoms with Crippen LogP contribution in [-0.2, 0) is 14.6 Å². The molecule has 1 fully saturated rings. The van der Waals surface area contributed by atoms with Crippen LogP contribution in [0.5, 0.6) is 0 Å². The summed E-state index contributed by atoms with van der Waals surface area (Å²) < 4.78 is 49.9. The Morgan fingerprint density at radius 2 is 1.67 bits per heavy atom. The van der Waals surface area contributed by atoms with Crippen LogP contribution in [-0.4, -0.2) is 77.9 Å². The van der Waals surface area contributed by atoms with Crippen molar-refractivity contribution in [1.82, 2.24) is 25.1 Å². The molecule has 0 bridgehead atoms. The third kappa shape index (κ3) is 5.14. The first-order valence-corrected chi connectivity index (χ1v) is 11.6. The number of benzene rings is 2. The Hall–Kier alpha value is -3.45. The summed E-state index contributed by atoms with van der Waals surface area (Å²) in [5.74, 6) is -3.15. The lowest BCUT2D eigenvalue weighted by atomic mass is 10.3. The number of nitrogens with zero attached hydrogens (tertiary/aromatic N) is 6. The van der Waals surface area contributed by atoms with Crippen molar-refractivity contribution >= 4 is 27.4 Å². The molecule has 33 heavy (non-hydrogen) atoms. The Balaban J connectivity index is 1.30. The van der Waals surface area contributed by atoms with Gasteiger partial charge in [0.2, 0.25) is 21.7 Å². The molecule has 10 nitrogen and oxygen atoms in total. The Morgan fingerprint density at radius 1 is 1.00 bits per heavy atom. The van der Waals surface area contributed by atoms with E-state index in [0.29, 0.717) is 37.8 Å². The summed E-state index contributed by atoms with van der Waals surface area (Å²) in [7, 11) is -4.66. The number of halogens is 2. The topological polar surface area (TPSA) is 113 Å². The van der Waals surface area contributed by atoms with Gasteiger partial charge in [-0.05, 0) is 46.8 Å².